The first-order valence-corrected chi connectivity index (χ1v) is 20.1. The minimum Gasteiger partial charge on any atom is -0.134 e. The van der Waals surface area contributed by atoms with E-state index in [-0.39, 0.29) is 0 Å². The summed E-state index contributed by atoms with van der Waals surface area (Å²) in [7, 11) is 0. The van der Waals surface area contributed by atoms with Crippen LogP contribution in [0.25, 0.3) is 69.7 Å². The zero-order valence-electron chi connectivity index (χ0n) is 25.8. The second kappa shape index (κ2) is 12.3. The highest BCUT2D eigenvalue weighted by atomic mass is 32.1. The molecular formula is C40H30S6. The fourth-order valence-electron chi connectivity index (χ4n) is 5.75. The van der Waals surface area contributed by atoms with Crippen LogP contribution >= 0.6 is 68.0 Å². The molecule has 0 N–H and O–H groups in total. The maximum absolute atomic E-state index is 2.32. The van der Waals surface area contributed by atoms with Crippen molar-refractivity contribution in [2.45, 2.75) is 27.7 Å². The molecule has 0 saturated heterocycles. The average Bonchev–Trinajstić information content (AvgIpc) is 3.94. The Balaban J connectivity index is 1.06. The normalized spacial score (nSPS) is 11.5. The highest BCUT2D eigenvalue weighted by molar-refractivity contribution is 7.31. The minimum atomic E-state index is 1.29. The first-order chi connectivity index (χ1) is 22.4. The maximum Gasteiger partial charge on any atom is 0.0481 e. The van der Waals surface area contributed by atoms with Gasteiger partial charge in [-0.25, -0.2) is 0 Å². The van der Waals surface area contributed by atoms with Crippen LogP contribution in [0.15, 0.2) is 109 Å². The molecule has 6 aromatic heterocycles. The molecule has 2 aromatic carbocycles. The van der Waals surface area contributed by atoms with E-state index in [9.17, 15) is 0 Å². The summed E-state index contributed by atoms with van der Waals surface area (Å²) >= 11 is 11.5. The number of rotatable bonds is 7. The topological polar surface area (TPSA) is 0 Å². The standard InChI is InChI=1S/C40H30S6/c1-23-25(3)39(45-37(23)33-19-15-29(41-33)27-11-7-5-8-12-27)35-21-17-31(43-35)32-18-22-36(44-32)40-26(4)24(2)38(46-40)34-20-16-30(42-34)28-13-9-6-10-14-28/h5-22H,1-4H3. The third kappa shape index (κ3) is 5.41. The Morgan fingerprint density at radius 3 is 0.848 bits per heavy atom. The van der Waals surface area contributed by atoms with E-state index >= 15 is 0 Å². The molecule has 0 amide bonds. The Labute approximate surface area is 294 Å². The fourth-order valence-corrected chi connectivity index (χ4v) is 13.2. The summed E-state index contributed by atoms with van der Waals surface area (Å²) in [5.41, 5.74) is 8.17. The maximum atomic E-state index is 2.32. The van der Waals surface area contributed by atoms with E-state index in [1.165, 1.54) is 91.9 Å². The minimum absolute atomic E-state index is 1.29. The van der Waals surface area contributed by atoms with Gasteiger partial charge in [0.15, 0.2) is 0 Å². The van der Waals surface area contributed by atoms with Crippen molar-refractivity contribution in [3.05, 3.63) is 131 Å². The first kappa shape index (κ1) is 30.0. The van der Waals surface area contributed by atoms with Crippen molar-refractivity contribution in [1.82, 2.24) is 0 Å². The van der Waals surface area contributed by atoms with Crippen LogP contribution in [0, 0.1) is 27.7 Å². The number of hydrogen-bond donors (Lipinski definition) is 0. The summed E-state index contributed by atoms with van der Waals surface area (Å²) in [5.74, 6) is 0. The zero-order valence-corrected chi connectivity index (χ0v) is 30.7. The summed E-state index contributed by atoms with van der Waals surface area (Å²) in [6.07, 6.45) is 0. The lowest BCUT2D eigenvalue weighted by Crippen LogP contribution is -1.75. The Kier molecular flexibility index (Phi) is 8.05. The molecule has 0 aliphatic heterocycles. The van der Waals surface area contributed by atoms with Gasteiger partial charge in [-0.1, -0.05) is 60.7 Å². The van der Waals surface area contributed by atoms with E-state index in [0.29, 0.717) is 0 Å². The Morgan fingerprint density at radius 2 is 0.522 bits per heavy atom. The molecule has 0 saturated carbocycles. The largest absolute Gasteiger partial charge is 0.134 e. The molecule has 6 heteroatoms. The van der Waals surface area contributed by atoms with Gasteiger partial charge in [-0.15, -0.1) is 68.0 Å². The third-order valence-electron chi connectivity index (χ3n) is 8.57. The predicted molar refractivity (Wildman–Crippen MR) is 211 cm³/mol. The summed E-state index contributed by atoms with van der Waals surface area (Å²) < 4.78 is 0. The molecular weight excluding hydrogens is 673 g/mol. The lowest BCUT2D eigenvalue weighted by molar-refractivity contribution is 1.41. The van der Waals surface area contributed by atoms with Crippen molar-refractivity contribution >= 4 is 68.0 Å². The highest BCUT2D eigenvalue weighted by Gasteiger charge is 2.20. The smallest absolute Gasteiger partial charge is 0.0481 e. The Bertz CT molecular complexity index is 2130. The number of benzene rings is 2. The van der Waals surface area contributed by atoms with E-state index in [2.05, 4.69) is 137 Å². The van der Waals surface area contributed by atoms with E-state index < -0.39 is 0 Å². The molecule has 0 bridgehead atoms. The van der Waals surface area contributed by atoms with Crippen LogP contribution in [0.4, 0.5) is 0 Å². The van der Waals surface area contributed by atoms with Crippen molar-refractivity contribution in [2.24, 2.45) is 0 Å². The molecule has 0 atom stereocenters. The highest BCUT2D eigenvalue weighted by Crippen LogP contribution is 2.50. The van der Waals surface area contributed by atoms with E-state index in [1.54, 1.807) is 0 Å². The van der Waals surface area contributed by atoms with Gasteiger partial charge in [-0.2, -0.15) is 0 Å². The zero-order chi connectivity index (χ0) is 31.4. The van der Waals surface area contributed by atoms with Gasteiger partial charge in [0.1, 0.15) is 0 Å². The summed E-state index contributed by atoms with van der Waals surface area (Å²) in [4.78, 5) is 16.4. The van der Waals surface area contributed by atoms with Crippen LogP contribution in [0.5, 0.6) is 0 Å². The summed E-state index contributed by atoms with van der Waals surface area (Å²) in [6.45, 7) is 9.14. The molecule has 226 valence electrons. The molecule has 8 rings (SSSR count). The van der Waals surface area contributed by atoms with E-state index in [4.69, 9.17) is 0 Å². The lowest BCUT2D eigenvalue weighted by atomic mass is 10.1. The van der Waals surface area contributed by atoms with Crippen molar-refractivity contribution in [1.29, 1.82) is 0 Å². The van der Waals surface area contributed by atoms with Gasteiger partial charge in [-0.3, -0.25) is 0 Å². The monoisotopic (exact) mass is 702 g/mol. The molecule has 0 aliphatic rings. The SMILES string of the molecule is Cc1c(-c2ccc(-c3ccccc3)s2)sc(-c2ccc(-c3ccc(-c4sc(-c5ccc(-c6ccccc6)s5)c(C)c4C)s3)s2)c1C. The van der Waals surface area contributed by atoms with Crippen molar-refractivity contribution in [2.75, 3.05) is 0 Å². The molecule has 0 fully saturated rings. The van der Waals surface area contributed by atoms with Gasteiger partial charge >= 0.3 is 0 Å². The molecule has 6 heterocycles. The molecule has 0 radical (unpaired) electrons. The van der Waals surface area contributed by atoms with Crippen molar-refractivity contribution < 1.29 is 0 Å². The first-order valence-electron chi connectivity index (χ1n) is 15.2. The fraction of sp³-hybridized carbons (Fsp3) is 0.100. The average molecular weight is 703 g/mol. The van der Waals surface area contributed by atoms with Crippen LogP contribution < -0.4 is 0 Å². The second-order valence-electron chi connectivity index (χ2n) is 11.4. The molecule has 0 spiro atoms. The van der Waals surface area contributed by atoms with Crippen LogP contribution in [0.2, 0.25) is 0 Å². The Morgan fingerprint density at radius 1 is 0.261 bits per heavy atom. The van der Waals surface area contributed by atoms with Gasteiger partial charge in [-0.05, 0) is 110 Å². The predicted octanol–water partition coefficient (Wildman–Crippen LogP) is 15.0. The van der Waals surface area contributed by atoms with E-state index in [0.717, 1.165) is 0 Å². The number of thiophene rings is 6. The van der Waals surface area contributed by atoms with Crippen LogP contribution in [-0.2, 0) is 0 Å². The molecule has 0 aliphatic carbocycles. The molecule has 46 heavy (non-hydrogen) atoms. The molecule has 0 unspecified atom stereocenters. The van der Waals surface area contributed by atoms with Gasteiger partial charge in [0.25, 0.3) is 0 Å². The van der Waals surface area contributed by atoms with Gasteiger partial charge in [0.2, 0.25) is 0 Å². The second-order valence-corrected chi connectivity index (χ2v) is 17.8. The quantitative estimate of drug-likeness (QED) is 0.155. The molecule has 8 aromatic rings. The van der Waals surface area contributed by atoms with Crippen molar-refractivity contribution in [3.63, 3.8) is 0 Å². The summed E-state index contributed by atoms with van der Waals surface area (Å²) in [5, 5.41) is 0. The summed E-state index contributed by atoms with van der Waals surface area (Å²) in [6, 6.07) is 39.8. The third-order valence-corrected chi connectivity index (χ3v) is 16.7. The van der Waals surface area contributed by atoms with Gasteiger partial charge in [0.05, 0.1) is 0 Å². The van der Waals surface area contributed by atoms with Gasteiger partial charge < -0.3 is 0 Å². The van der Waals surface area contributed by atoms with Crippen molar-refractivity contribution in [3.8, 4) is 69.7 Å². The van der Waals surface area contributed by atoms with Crippen LogP contribution in [-0.4, -0.2) is 0 Å². The van der Waals surface area contributed by atoms with Crippen LogP contribution in [0.3, 0.4) is 0 Å². The number of hydrogen-bond acceptors (Lipinski definition) is 6. The van der Waals surface area contributed by atoms with Gasteiger partial charge in [0, 0.05) is 58.5 Å². The van der Waals surface area contributed by atoms with Crippen LogP contribution in [0.1, 0.15) is 22.3 Å². The van der Waals surface area contributed by atoms with E-state index in [1.807, 2.05) is 68.0 Å². The Hall–Kier alpha value is -3.36. The molecule has 0 nitrogen and oxygen atoms in total. The lowest BCUT2D eigenvalue weighted by Gasteiger charge is -1.97.